The molecule has 3 heteroatoms. The summed E-state index contributed by atoms with van der Waals surface area (Å²) in [6.45, 7) is 6.00. The molecule has 0 saturated carbocycles. The van der Waals surface area contributed by atoms with Crippen LogP contribution in [0.4, 0.5) is 0 Å². The summed E-state index contributed by atoms with van der Waals surface area (Å²) in [5.41, 5.74) is 3.32. The van der Waals surface area contributed by atoms with Crippen LogP contribution in [-0.4, -0.2) is 18.6 Å². The predicted molar refractivity (Wildman–Crippen MR) is 70.4 cm³/mol. The molecule has 0 amide bonds. The smallest absolute Gasteiger partial charge is 0.121 e. The van der Waals surface area contributed by atoms with E-state index in [-0.39, 0.29) is 0 Å². The van der Waals surface area contributed by atoms with Gasteiger partial charge in [0.05, 0.1) is 12.6 Å². The minimum absolute atomic E-state index is 0.851. The molecule has 0 spiro atoms. The largest absolute Gasteiger partial charge is 0.497 e. The molecule has 1 aromatic heterocycles. The molecule has 0 aliphatic carbocycles. The SMILES string of the molecule is CCNCc1cc2ccc(OC)cc2nc1C. The Morgan fingerprint density at radius 3 is 2.82 bits per heavy atom. The van der Waals surface area contributed by atoms with E-state index in [1.165, 1.54) is 5.56 Å². The number of fused-ring (bicyclic) bond motifs is 1. The molecule has 0 atom stereocenters. The molecular formula is C14H18N2O. The molecular weight excluding hydrogens is 212 g/mol. The van der Waals surface area contributed by atoms with E-state index in [9.17, 15) is 0 Å². The molecule has 17 heavy (non-hydrogen) atoms. The van der Waals surface area contributed by atoms with Gasteiger partial charge < -0.3 is 10.1 Å². The Balaban J connectivity index is 2.43. The maximum absolute atomic E-state index is 5.20. The molecule has 0 unspecified atom stereocenters. The molecule has 2 rings (SSSR count). The zero-order valence-electron chi connectivity index (χ0n) is 10.6. The molecule has 1 N–H and O–H groups in total. The van der Waals surface area contributed by atoms with E-state index in [0.717, 1.165) is 35.4 Å². The number of nitrogens with zero attached hydrogens (tertiary/aromatic N) is 1. The first kappa shape index (κ1) is 11.9. The Labute approximate surface area is 102 Å². The average molecular weight is 230 g/mol. The summed E-state index contributed by atoms with van der Waals surface area (Å²) in [6.07, 6.45) is 0. The molecule has 1 aromatic carbocycles. The summed E-state index contributed by atoms with van der Waals surface area (Å²) < 4.78 is 5.20. The lowest BCUT2D eigenvalue weighted by atomic mass is 10.1. The third kappa shape index (κ3) is 2.56. The minimum Gasteiger partial charge on any atom is -0.497 e. The highest BCUT2D eigenvalue weighted by atomic mass is 16.5. The number of rotatable bonds is 4. The van der Waals surface area contributed by atoms with Crippen LogP contribution in [0.15, 0.2) is 24.3 Å². The highest BCUT2D eigenvalue weighted by Crippen LogP contribution is 2.21. The maximum Gasteiger partial charge on any atom is 0.121 e. The van der Waals surface area contributed by atoms with Crippen molar-refractivity contribution in [3.63, 3.8) is 0 Å². The zero-order chi connectivity index (χ0) is 12.3. The number of hydrogen-bond donors (Lipinski definition) is 1. The predicted octanol–water partition coefficient (Wildman–Crippen LogP) is 2.66. The zero-order valence-corrected chi connectivity index (χ0v) is 10.6. The highest BCUT2D eigenvalue weighted by Gasteiger charge is 2.04. The lowest BCUT2D eigenvalue weighted by Gasteiger charge is -2.08. The van der Waals surface area contributed by atoms with Crippen LogP contribution >= 0.6 is 0 Å². The van der Waals surface area contributed by atoms with Gasteiger partial charge in [-0.15, -0.1) is 0 Å². The van der Waals surface area contributed by atoms with Crippen molar-refractivity contribution >= 4 is 10.9 Å². The first-order chi connectivity index (χ1) is 8.24. The van der Waals surface area contributed by atoms with E-state index in [1.54, 1.807) is 7.11 Å². The van der Waals surface area contributed by atoms with Crippen LogP contribution in [0.2, 0.25) is 0 Å². The summed E-state index contributed by atoms with van der Waals surface area (Å²) in [4.78, 5) is 4.62. The lowest BCUT2D eigenvalue weighted by Crippen LogP contribution is -2.13. The number of hydrogen-bond acceptors (Lipinski definition) is 3. The van der Waals surface area contributed by atoms with Gasteiger partial charge in [0.2, 0.25) is 0 Å². The number of aromatic nitrogens is 1. The van der Waals surface area contributed by atoms with Gasteiger partial charge in [-0.05, 0) is 37.2 Å². The van der Waals surface area contributed by atoms with Crippen LogP contribution in [0.5, 0.6) is 5.75 Å². The van der Waals surface area contributed by atoms with Gasteiger partial charge in [-0.2, -0.15) is 0 Å². The Kier molecular flexibility index (Phi) is 3.59. The summed E-state index contributed by atoms with van der Waals surface area (Å²) in [6, 6.07) is 8.19. The van der Waals surface area contributed by atoms with Crippen molar-refractivity contribution in [2.24, 2.45) is 0 Å². The molecule has 1 heterocycles. The van der Waals surface area contributed by atoms with Crippen LogP contribution in [0.3, 0.4) is 0 Å². The lowest BCUT2D eigenvalue weighted by molar-refractivity contribution is 0.415. The minimum atomic E-state index is 0.851. The van der Waals surface area contributed by atoms with E-state index in [0.29, 0.717) is 0 Å². The highest BCUT2D eigenvalue weighted by molar-refractivity contribution is 5.81. The second-order valence-electron chi connectivity index (χ2n) is 4.07. The Bertz CT molecular complexity index is 523. The second kappa shape index (κ2) is 5.15. The molecule has 0 aliphatic heterocycles. The van der Waals surface area contributed by atoms with Gasteiger partial charge in [-0.25, -0.2) is 0 Å². The number of aryl methyl sites for hydroxylation is 1. The number of methoxy groups -OCH3 is 1. The first-order valence-electron chi connectivity index (χ1n) is 5.89. The molecule has 90 valence electrons. The summed E-state index contributed by atoms with van der Waals surface area (Å²) in [5.74, 6) is 0.851. The third-order valence-electron chi connectivity index (χ3n) is 2.89. The van der Waals surface area contributed by atoms with Crippen LogP contribution in [0.1, 0.15) is 18.2 Å². The van der Waals surface area contributed by atoms with E-state index in [4.69, 9.17) is 4.74 Å². The monoisotopic (exact) mass is 230 g/mol. The van der Waals surface area contributed by atoms with Gasteiger partial charge in [-0.3, -0.25) is 4.98 Å². The third-order valence-corrected chi connectivity index (χ3v) is 2.89. The fourth-order valence-electron chi connectivity index (χ4n) is 1.85. The summed E-state index contributed by atoms with van der Waals surface area (Å²) in [5, 5.41) is 4.48. The molecule has 3 nitrogen and oxygen atoms in total. The molecule has 2 aromatic rings. The van der Waals surface area contributed by atoms with Crippen LogP contribution in [0, 0.1) is 6.92 Å². The van der Waals surface area contributed by atoms with E-state index < -0.39 is 0 Å². The molecule has 0 bridgehead atoms. The van der Waals surface area contributed by atoms with Crippen molar-refractivity contribution in [2.75, 3.05) is 13.7 Å². The van der Waals surface area contributed by atoms with Crippen molar-refractivity contribution in [3.8, 4) is 5.75 Å². The van der Waals surface area contributed by atoms with Gasteiger partial charge in [0.15, 0.2) is 0 Å². The maximum atomic E-state index is 5.20. The van der Waals surface area contributed by atoms with Gasteiger partial charge >= 0.3 is 0 Å². The quantitative estimate of drug-likeness (QED) is 0.876. The fourth-order valence-corrected chi connectivity index (χ4v) is 1.85. The number of ether oxygens (including phenoxy) is 1. The van der Waals surface area contributed by atoms with E-state index in [1.807, 2.05) is 19.1 Å². The average Bonchev–Trinajstić information content (AvgIpc) is 2.35. The second-order valence-corrected chi connectivity index (χ2v) is 4.07. The van der Waals surface area contributed by atoms with E-state index in [2.05, 4.69) is 29.4 Å². The summed E-state index contributed by atoms with van der Waals surface area (Å²) >= 11 is 0. The van der Waals surface area contributed by atoms with Gasteiger partial charge in [0, 0.05) is 23.7 Å². The fraction of sp³-hybridized carbons (Fsp3) is 0.357. The van der Waals surface area contributed by atoms with Crippen molar-refractivity contribution in [3.05, 3.63) is 35.5 Å². The number of pyridine rings is 1. The van der Waals surface area contributed by atoms with E-state index >= 15 is 0 Å². The van der Waals surface area contributed by atoms with Gasteiger partial charge in [0.25, 0.3) is 0 Å². The number of benzene rings is 1. The van der Waals surface area contributed by atoms with Crippen molar-refractivity contribution in [1.82, 2.24) is 10.3 Å². The van der Waals surface area contributed by atoms with Crippen LogP contribution in [0.25, 0.3) is 10.9 Å². The van der Waals surface area contributed by atoms with Crippen molar-refractivity contribution < 1.29 is 4.74 Å². The molecule has 0 radical (unpaired) electrons. The van der Waals surface area contributed by atoms with Crippen LogP contribution in [-0.2, 0) is 6.54 Å². The molecule has 0 aliphatic rings. The van der Waals surface area contributed by atoms with Crippen molar-refractivity contribution in [2.45, 2.75) is 20.4 Å². The molecule has 0 saturated heterocycles. The number of nitrogens with one attached hydrogen (secondary N) is 1. The van der Waals surface area contributed by atoms with Crippen LogP contribution < -0.4 is 10.1 Å². The normalized spacial score (nSPS) is 10.8. The Morgan fingerprint density at radius 1 is 1.29 bits per heavy atom. The first-order valence-corrected chi connectivity index (χ1v) is 5.89. The van der Waals surface area contributed by atoms with Crippen molar-refractivity contribution in [1.29, 1.82) is 0 Å². The topological polar surface area (TPSA) is 34.1 Å². The van der Waals surface area contributed by atoms with Gasteiger partial charge in [0.1, 0.15) is 5.75 Å². The standard InChI is InChI=1S/C14H18N2O/c1-4-15-9-12-7-11-5-6-13(17-3)8-14(11)16-10(12)2/h5-8,15H,4,9H2,1-3H3. The Hall–Kier alpha value is -1.61. The molecule has 0 fully saturated rings. The summed E-state index contributed by atoms with van der Waals surface area (Å²) in [7, 11) is 1.67. The van der Waals surface area contributed by atoms with Gasteiger partial charge in [-0.1, -0.05) is 6.92 Å². The Morgan fingerprint density at radius 2 is 2.12 bits per heavy atom.